The summed E-state index contributed by atoms with van der Waals surface area (Å²) in [7, 11) is 0. The topological polar surface area (TPSA) is 61.9 Å². The van der Waals surface area contributed by atoms with Gasteiger partial charge in [-0.3, -0.25) is 9.69 Å². The zero-order valence-electron chi connectivity index (χ0n) is 16.4. The van der Waals surface area contributed by atoms with E-state index < -0.39 is 0 Å². The molecular weight excluding hydrogens is 330 g/mol. The first kappa shape index (κ1) is 20.2. The van der Waals surface area contributed by atoms with Gasteiger partial charge in [-0.25, -0.2) is 4.79 Å². The van der Waals surface area contributed by atoms with E-state index in [4.69, 9.17) is 4.74 Å². The minimum absolute atomic E-state index is 0.0240. The third-order valence-electron chi connectivity index (χ3n) is 4.54. The maximum atomic E-state index is 12.3. The molecule has 0 saturated carbocycles. The second kappa shape index (κ2) is 9.57. The van der Waals surface area contributed by atoms with Crippen molar-refractivity contribution < 1.29 is 14.3 Å². The molecule has 1 fully saturated rings. The van der Waals surface area contributed by atoms with Crippen molar-refractivity contribution in [2.45, 2.75) is 34.1 Å². The molecule has 0 aromatic heterocycles. The van der Waals surface area contributed by atoms with Gasteiger partial charge in [0, 0.05) is 31.9 Å². The van der Waals surface area contributed by atoms with Crippen molar-refractivity contribution >= 4 is 17.7 Å². The van der Waals surface area contributed by atoms with Crippen LogP contribution in [0.25, 0.3) is 0 Å². The summed E-state index contributed by atoms with van der Waals surface area (Å²) in [6.45, 7) is 11.6. The minimum Gasteiger partial charge on any atom is -0.449 e. The summed E-state index contributed by atoms with van der Waals surface area (Å²) in [5, 5.41) is 2.96. The molecule has 1 saturated heterocycles. The molecule has 0 atom stereocenters. The average molecular weight is 361 g/mol. The molecule has 0 spiro atoms. The van der Waals surface area contributed by atoms with Gasteiger partial charge in [-0.1, -0.05) is 19.9 Å². The number of hydrogen-bond donors (Lipinski definition) is 1. The predicted octanol–water partition coefficient (Wildman–Crippen LogP) is 3.04. The molecule has 0 radical (unpaired) electrons. The summed E-state index contributed by atoms with van der Waals surface area (Å²) in [5.41, 5.74) is 3.19. The Morgan fingerprint density at radius 3 is 2.58 bits per heavy atom. The van der Waals surface area contributed by atoms with Gasteiger partial charge in [-0.2, -0.15) is 0 Å². The lowest BCUT2D eigenvalue weighted by molar-refractivity contribution is -0.117. The summed E-state index contributed by atoms with van der Waals surface area (Å²) in [6.07, 6.45) is 0.591. The molecule has 1 heterocycles. The van der Waals surface area contributed by atoms with Crippen LogP contribution in [-0.4, -0.2) is 61.1 Å². The van der Waals surface area contributed by atoms with Gasteiger partial charge in [0.05, 0.1) is 13.2 Å². The number of carbonyl (C=O) groups is 2. The van der Waals surface area contributed by atoms with Crippen LogP contribution < -0.4 is 5.32 Å². The molecule has 0 bridgehead atoms. The highest BCUT2D eigenvalue weighted by Crippen LogP contribution is 2.14. The van der Waals surface area contributed by atoms with E-state index in [0.717, 1.165) is 24.2 Å². The van der Waals surface area contributed by atoms with Crippen LogP contribution in [0.15, 0.2) is 18.2 Å². The fraction of sp³-hybridized carbons (Fsp3) is 0.600. The van der Waals surface area contributed by atoms with Crippen LogP contribution in [0.5, 0.6) is 0 Å². The average Bonchev–Trinajstić information content (AvgIpc) is 2.81. The highest BCUT2D eigenvalue weighted by atomic mass is 16.6. The Morgan fingerprint density at radius 2 is 1.88 bits per heavy atom. The smallest absolute Gasteiger partial charge is 0.409 e. The molecule has 0 unspecified atom stereocenters. The lowest BCUT2D eigenvalue weighted by Crippen LogP contribution is -2.38. The number of carbonyl (C=O) groups excluding carboxylic acids is 2. The Morgan fingerprint density at radius 1 is 1.12 bits per heavy atom. The van der Waals surface area contributed by atoms with E-state index in [1.807, 2.05) is 39.0 Å². The number of nitrogens with one attached hydrogen (secondary N) is 1. The number of nitrogens with zero attached hydrogens (tertiary/aromatic N) is 2. The summed E-state index contributed by atoms with van der Waals surface area (Å²) in [5.74, 6) is 0.306. The second-order valence-corrected chi connectivity index (χ2v) is 7.43. The number of hydrogen-bond acceptors (Lipinski definition) is 4. The first-order valence-electron chi connectivity index (χ1n) is 9.36. The van der Waals surface area contributed by atoms with Crippen molar-refractivity contribution in [1.82, 2.24) is 9.80 Å². The van der Waals surface area contributed by atoms with Crippen LogP contribution in [0, 0.1) is 19.8 Å². The summed E-state index contributed by atoms with van der Waals surface area (Å²) in [6, 6.07) is 5.93. The molecule has 144 valence electrons. The van der Waals surface area contributed by atoms with E-state index in [1.54, 1.807) is 4.90 Å². The molecule has 1 aromatic rings. The van der Waals surface area contributed by atoms with Crippen LogP contribution in [0.3, 0.4) is 0 Å². The number of amides is 2. The zero-order chi connectivity index (χ0) is 19.1. The van der Waals surface area contributed by atoms with Crippen LogP contribution >= 0.6 is 0 Å². The molecule has 2 amide bonds. The van der Waals surface area contributed by atoms with Gasteiger partial charge < -0.3 is 15.0 Å². The van der Waals surface area contributed by atoms with Crippen LogP contribution in [-0.2, 0) is 9.53 Å². The molecule has 1 aliphatic rings. The Labute approximate surface area is 156 Å². The molecule has 0 aliphatic carbocycles. The van der Waals surface area contributed by atoms with Gasteiger partial charge in [0.2, 0.25) is 5.91 Å². The fourth-order valence-electron chi connectivity index (χ4n) is 2.86. The van der Waals surface area contributed by atoms with Crippen molar-refractivity contribution in [2.75, 3.05) is 44.6 Å². The third kappa shape index (κ3) is 6.33. The monoisotopic (exact) mass is 361 g/mol. The van der Waals surface area contributed by atoms with Crippen molar-refractivity contribution in [3.8, 4) is 0 Å². The van der Waals surface area contributed by atoms with Crippen LogP contribution in [0.4, 0.5) is 10.5 Å². The first-order chi connectivity index (χ1) is 12.3. The Balaban J connectivity index is 1.80. The molecule has 6 nitrogen and oxygen atoms in total. The quantitative estimate of drug-likeness (QED) is 0.876. The largest absolute Gasteiger partial charge is 0.449 e. The predicted molar refractivity (Wildman–Crippen MR) is 103 cm³/mol. The van der Waals surface area contributed by atoms with Crippen molar-refractivity contribution in [3.63, 3.8) is 0 Å². The third-order valence-corrected chi connectivity index (χ3v) is 4.54. The molecule has 26 heavy (non-hydrogen) atoms. The molecule has 1 aliphatic heterocycles. The Bertz CT molecular complexity index is 631. The fourth-order valence-corrected chi connectivity index (χ4v) is 2.86. The SMILES string of the molecule is Cc1ccc(NC(=O)CN2CCCN(C(=O)OCC(C)C)CC2)cc1C. The van der Waals surface area contributed by atoms with Gasteiger partial charge in [0.25, 0.3) is 0 Å². The summed E-state index contributed by atoms with van der Waals surface area (Å²) >= 11 is 0. The first-order valence-corrected chi connectivity index (χ1v) is 9.36. The highest BCUT2D eigenvalue weighted by molar-refractivity contribution is 5.92. The number of anilines is 1. The Hall–Kier alpha value is -2.08. The maximum absolute atomic E-state index is 12.3. The number of ether oxygens (including phenoxy) is 1. The summed E-state index contributed by atoms with van der Waals surface area (Å²) in [4.78, 5) is 28.2. The van der Waals surface area contributed by atoms with Gasteiger partial charge in [0.1, 0.15) is 0 Å². The molecule has 1 aromatic carbocycles. The lowest BCUT2D eigenvalue weighted by atomic mass is 10.1. The van der Waals surface area contributed by atoms with Crippen LogP contribution in [0.1, 0.15) is 31.4 Å². The van der Waals surface area contributed by atoms with Gasteiger partial charge in [0.15, 0.2) is 0 Å². The van der Waals surface area contributed by atoms with E-state index in [2.05, 4.69) is 17.1 Å². The summed E-state index contributed by atoms with van der Waals surface area (Å²) < 4.78 is 5.30. The second-order valence-electron chi connectivity index (χ2n) is 7.43. The van der Waals surface area contributed by atoms with E-state index in [9.17, 15) is 9.59 Å². The Kier molecular flexibility index (Phi) is 7.45. The molecule has 1 N–H and O–H groups in total. The number of rotatable bonds is 5. The van der Waals surface area contributed by atoms with Gasteiger partial charge >= 0.3 is 6.09 Å². The van der Waals surface area contributed by atoms with E-state index >= 15 is 0 Å². The zero-order valence-corrected chi connectivity index (χ0v) is 16.4. The van der Waals surface area contributed by atoms with Crippen molar-refractivity contribution in [2.24, 2.45) is 5.92 Å². The number of aryl methyl sites for hydroxylation is 2. The van der Waals surface area contributed by atoms with Crippen molar-refractivity contribution in [3.05, 3.63) is 29.3 Å². The molecular formula is C20H31N3O3. The minimum atomic E-state index is -0.250. The maximum Gasteiger partial charge on any atom is 0.409 e. The van der Waals surface area contributed by atoms with E-state index in [0.29, 0.717) is 38.7 Å². The van der Waals surface area contributed by atoms with E-state index in [-0.39, 0.29) is 12.0 Å². The van der Waals surface area contributed by atoms with Crippen molar-refractivity contribution in [1.29, 1.82) is 0 Å². The number of benzene rings is 1. The van der Waals surface area contributed by atoms with E-state index in [1.165, 1.54) is 5.56 Å². The molecule has 6 heteroatoms. The molecule has 2 rings (SSSR count). The standard InChI is InChI=1S/C20H31N3O3/c1-15(2)14-26-20(25)23-9-5-8-22(10-11-23)13-19(24)21-18-7-6-16(3)17(4)12-18/h6-7,12,15H,5,8-11,13-14H2,1-4H3,(H,21,24). The van der Waals surface area contributed by atoms with Gasteiger partial charge in [-0.15, -0.1) is 0 Å². The van der Waals surface area contributed by atoms with Gasteiger partial charge in [-0.05, 0) is 49.4 Å². The van der Waals surface area contributed by atoms with Crippen LogP contribution in [0.2, 0.25) is 0 Å². The highest BCUT2D eigenvalue weighted by Gasteiger charge is 2.21. The normalized spacial score (nSPS) is 15.7. The lowest BCUT2D eigenvalue weighted by Gasteiger charge is -2.21.